The van der Waals surface area contributed by atoms with Gasteiger partial charge in [-0.1, -0.05) is 29.3 Å². The van der Waals surface area contributed by atoms with Crippen molar-refractivity contribution >= 4 is 51.9 Å². The minimum Gasteiger partial charge on any atom is -0.330 e. The van der Waals surface area contributed by atoms with E-state index in [-0.39, 0.29) is 10.8 Å². The molecular formula is C19H16Cl2F2N4S. The van der Waals surface area contributed by atoms with Crippen LogP contribution in [0.15, 0.2) is 36.4 Å². The number of benzene rings is 2. The van der Waals surface area contributed by atoms with E-state index in [2.05, 4.69) is 15.7 Å². The number of nitrogens with zero attached hydrogens (tertiary/aromatic N) is 2. The largest absolute Gasteiger partial charge is 0.330 e. The molecule has 0 spiro atoms. The van der Waals surface area contributed by atoms with Crippen LogP contribution in [0.4, 0.5) is 20.2 Å². The molecule has 0 saturated heterocycles. The van der Waals surface area contributed by atoms with Gasteiger partial charge < -0.3 is 10.6 Å². The van der Waals surface area contributed by atoms with E-state index in [4.69, 9.17) is 35.4 Å². The number of aryl methyl sites for hydroxylation is 1. The molecule has 4 nitrogen and oxygen atoms in total. The summed E-state index contributed by atoms with van der Waals surface area (Å²) in [5.41, 5.74) is 3.30. The fourth-order valence-corrected chi connectivity index (χ4v) is 3.23. The summed E-state index contributed by atoms with van der Waals surface area (Å²) in [4.78, 5) is 0. The molecule has 0 unspecified atom stereocenters. The number of anilines is 2. The van der Waals surface area contributed by atoms with Crippen molar-refractivity contribution in [3.05, 3.63) is 75.0 Å². The van der Waals surface area contributed by atoms with Crippen LogP contribution in [-0.4, -0.2) is 14.9 Å². The SMILES string of the molecule is Cc1nn(Cc2ccc(Cl)c(Cl)c2)c(C)c1NC(=S)Nc1ccc(F)cc1F. The maximum absolute atomic E-state index is 13.8. The van der Waals surface area contributed by atoms with Crippen LogP contribution in [0.25, 0.3) is 0 Å². The van der Waals surface area contributed by atoms with Gasteiger partial charge in [-0.05, 0) is 55.9 Å². The predicted octanol–water partition coefficient (Wildman–Crippen LogP) is 5.94. The topological polar surface area (TPSA) is 41.9 Å². The number of halogens is 4. The molecule has 9 heteroatoms. The van der Waals surface area contributed by atoms with Crippen molar-refractivity contribution in [2.75, 3.05) is 10.6 Å². The van der Waals surface area contributed by atoms with Crippen molar-refractivity contribution in [3.63, 3.8) is 0 Å². The highest BCUT2D eigenvalue weighted by Gasteiger charge is 2.14. The van der Waals surface area contributed by atoms with E-state index in [1.165, 1.54) is 6.07 Å². The van der Waals surface area contributed by atoms with E-state index in [1.54, 1.807) is 16.8 Å². The highest BCUT2D eigenvalue weighted by molar-refractivity contribution is 7.80. The fraction of sp³-hybridized carbons (Fsp3) is 0.158. The third kappa shape index (κ3) is 4.60. The minimum absolute atomic E-state index is 0.0809. The Kier molecular flexibility index (Phi) is 6.17. The zero-order valence-corrected chi connectivity index (χ0v) is 17.3. The Morgan fingerprint density at radius 2 is 1.82 bits per heavy atom. The summed E-state index contributed by atoms with van der Waals surface area (Å²) in [6.45, 7) is 4.22. The van der Waals surface area contributed by atoms with Crippen LogP contribution in [0, 0.1) is 25.5 Å². The molecule has 2 N–H and O–H groups in total. The van der Waals surface area contributed by atoms with Gasteiger partial charge in [0.25, 0.3) is 0 Å². The van der Waals surface area contributed by atoms with Gasteiger partial charge in [0.15, 0.2) is 5.11 Å². The van der Waals surface area contributed by atoms with Crippen molar-refractivity contribution in [3.8, 4) is 0 Å². The van der Waals surface area contributed by atoms with Gasteiger partial charge in [-0.15, -0.1) is 0 Å². The lowest BCUT2D eigenvalue weighted by molar-refractivity contribution is 0.586. The van der Waals surface area contributed by atoms with E-state index in [0.717, 1.165) is 29.1 Å². The van der Waals surface area contributed by atoms with E-state index < -0.39 is 11.6 Å². The molecule has 0 bridgehead atoms. The molecule has 1 aromatic heterocycles. The van der Waals surface area contributed by atoms with Gasteiger partial charge in [0.2, 0.25) is 0 Å². The molecule has 0 atom stereocenters. The molecule has 146 valence electrons. The summed E-state index contributed by atoms with van der Waals surface area (Å²) < 4.78 is 28.6. The summed E-state index contributed by atoms with van der Waals surface area (Å²) in [5.74, 6) is -1.38. The summed E-state index contributed by atoms with van der Waals surface area (Å²) >= 11 is 17.3. The van der Waals surface area contributed by atoms with Crippen LogP contribution >= 0.6 is 35.4 Å². The van der Waals surface area contributed by atoms with Gasteiger partial charge in [-0.25, -0.2) is 8.78 Å². The highest BCUT2D eigenvalue weighted by Crippen LogP contribution is 2.25. The zero-order valence-electron chi connectivity index (χ0n) is 15.0. The normalized spacial score (nSPS) is 10.8. The van der Waals surface area contributed by atoms with Crippen molar-refractivity contribution < 1.29 is 8.78 Å². The quantitative estimate of drug-likeness (QED) is 0.492. The van der Waals surface area contributed by atoms with E-state index in [9.17, 15) is 8.78 Å². The molecule has 0 radical (unpaired) electrons. The molecule has 3 aromatic rings. The molecule has 0 fully saturated rings. The first kappa shape index (κ1) is 20.5. The average Bonchev–Trinajstić information content (AvgIpc) is 2.88. The molecule has 1 heterocycles. The van der Waals surface area contributed by atoms with Crippen LogP contribution in [0.3, 0.4) is 0 Å². The summed E-state index contributed by atoms with van der Waals surface area (Å²) in [5, 5.41) is 11.4. The maximum atomic E-state index is 13.8. The van der Waals surface area contributed by atoms with Gasteiger partial charge in [0.1, 0.15) is 11.6 Å². The second-order valence-electron chi connectivity index (χ2n) is 6.16. The monoisotopic (exact) mass is 440 g/mol. The number of aromatic nitrogens is 2. The van der Waals surface area contributed by atoms with Gasteiger partial charge >= 0.3 is 0 Å². The Bertz CT molecular complexity index is 1050. The number of thiocarbonyl (C=S) groups is 1. The predicted molar refractivity (Wildman–Crippen MR) is 113 cm³/mol. The van der Waals surface area contributed by atoms with Crippen LogP contribution in [0.2, 0.25) is 10.0 Å². The van der Waals surface area contributed by atoms with Gasteiger partial charge in [0, 0.05) is 6.07 Å². The summed E-state index contributed by atoms with van der Waals surface area (Å²) in [7, 11) is 0. The van der Waals surface area contributed by atoms with Crippen LogP contribution < -0.4 is 10.6 Å². The lowest BCUT2D eigenvalue weighted by atomic mass is 10.2. The smallest absolute Gasteiger partial charge is 0.175 e. The second-order valence-corrected chi connectivity index (χ2v) is 7.38. The van der Waals surface area contributed by atoms with E-state index >= 15 is 0 Å². The Morgan fingerprint density at radius 1 is 1.07 bits per heavy atom. The zero-order chi connectivity index (χ0) is 20.4. The van der Waals surface area contributed by atoms with Gasteiger partial charge in [0.05, 0.1) is 39.4 Å². The lowest BCUT2D eigenvalue weighted by Crippen LogP contribution is -2.20. The van der Waals surface area contributed by atoms with E-state index in [1.807, 2.05) is 19.9 Å². The fourth-order valence-electron chi connectivity index (χ4n) is 2.70. The lowest BCUT2D eigenvalue weighted by Gasteiger charge is -2.12. The Labute approximate surface area is 176 Å². The molecule has 28 heavy (non-hydrogen) atoms. The molecule has 0 aliphatic carbocycles. The van der Waals surface area contributed by atoms with Crippen molar-refractivity contribution in [1.82, 2.24) is 9.78 Å². The first-order valence-corrected chi connectivity index (χ1v) is 9.42. The van der Waals surface area contributed by atoms with Crippen LogP contribution in [0.5, 0.6) is 0 Å². The average molecular weight is 441 g/mol. The summed E-state index contributed by atoms with van der Waals surface area (Å²) in [6, 6.07) is 8.63. The van der Waals surface area contributed by atoms with Gasteiger partial charge in [-0.3, -0.25) is 4.68 Å². The Morgan fingerprint density at radius 3 is 2.50 bits per heavy atom. The third-order valence-electron chi connectivity index (χ3n) is 4.12. The van der Waals surface area contributed by atoms with Crippen molar-refractivity contribution in [2.45, 2.75) is 20.4 Å². The van der Waals surface area contributed by atoms with E-state index in [0.29, 0.717) is 22.3 Å². The Balaban J connectivity index is 1.75. The highest BCUT2D eigenvalue weighted by atomic mass is 35.5. The molecular weight excluding hydrogens is 425 g/mol. The van der Waals surface area contributed by atoms with Crippen LogP contribution in [0.1, 0.15) is 17.0 Å². The first-order chi connectivity index (χ1) is 13.2. The molecule has 0 aliphatic heterocycles. The third-order valence-corrected chi connectivity index (χ3v) is 5.06. The molecule has 0 aliphatic rings. The number of rotatable bonds is 4. The second kappa shape index (κ2) is 8.43. The molecule has 2 aromatic carbocycles. The molecule has 0 amide bonds. The van der Waals surface area contributed by atoms with Gasteiger partial charge in [-0.2, -0.15) is 5.10 Å². The van der Waals surface area contributed by atoms with Crippen molar-refractivity contribution in [2.24, 2.45) is 0 Å². The van der Waals surface area contributed by atoms with Crippen LogP contribution in [-0.2, 0) is 6.54 Å². The summed E-state index contributed by atoms with van der Waals surface area (Å²) in [6.07, 6.45) is 0. The maximum Gasteiger partial charge on any atom is 0.175 e. The standard InChI is InChI=1S/C19H16Cl2F2N4S/c1-10-18(25-19(28)24-17-6-4-13(22)8-16(17)23)11(2)27(26-10)9-12-3-5-14(20)15(21)7-12/h3-8H,9H2,1-2H3,(H2,24,25,28). The van der Waals surface area contributed by atoms with Crippen molar-refractivity contribution in [1.29, 1.82) is 0 Å². The number of hydrogen-bond acceptors (Lipinski definition) is 2. The molecule has 3 rings (SSSR count). The Hall–Kier alpha value is -2.22. The molecule has 0 saturated carbocycles. The minimum atomic E-state index is -0.729. The number of nitrogens with one attached hydrogen (secondary N) is 2. The first-order valence-electron chi connectivity index (χ1n) is 8.25. The number of hydrogen-bond donors (Lipinski definition) is 2.